The molecule has 0 saturated carbocycles. The minimum Gasteiger partial charge on any atom is -0.341 e. The van der Waals surface area contributed by atoms with E-state index in [1.54, 1.807) is 12.1 Å². The maximum atomic E-state index is 12.2. The molecular formula is C15H15BrN2O2. The largest absolute Gasteiger partial charge is 0.341 e. The number of aromatic nitrogens is 1. The summed E-state index contributed by atoms with van der Waals surface area (Å²) in [5, 5.41) is 3.51. The molecule has 4 nitrogen and oxygen atoms in total. The predicted octanol–water partition coefficient (Wildman–Crippen LogP) is 2.42. The molecule has 1 unspecified atom stereocenters. The van der Waals surface area contributed by atoms with Crippen LogP contribution in [0.3, 0.4) is 0 Å². The second-order valence-corrected chi connectivity index (χ2v) is 5.28. The smallest absolute Gasteiger partial charge is 0.268 e. The summed E-state index contributed by atoms with van der Waals surface area (Å²) in [6.07, 6.45) is 0. The van der Waals surface area contributed by atoms with Gasteiger partial charge in [0.15, 0.2) is 0 Å². The monoisotopic (exact) mass is 334 g/mol. The van der Waals surface area contributed by atoms with E-state index in [1.165, 1.54) is 6.07 Å². The van der Waals surface area contributed by atoms with Gasteiger partial charge in [-0.25, -0.2) is 0 Å². The van der Waals surface area contributed by atoms with Crippen LogP contribution in [-0.2, 0) is 5.54 Å². The number of benzene rings is 1. The number of pyridine rings is 1. The molecule has 0 radical (unpaired) electrons. The Kier molecular flexibility index (Phi) is 4.39. The van der Waals surface area contributed by atoms with Gasteiger partial charge in [-0.1, -0.05) is 52.3 Å². The van der Waals surface area contributed by atoms with Crippen LogP contribution < -0.4 is 10.9 Å². The normalized spacial score (nSPS) is 13.5. The standard InChI is InChI=1S/C15H15BrN2O2/c1-15(10-16,11-6-3-2-4-7-11)18-14(20)12-8-5-9-13(19)17-12/h2-9H,10H2,1H3,(H,17,19)(H,18,20). The number of nitrogens with one attached hydrogen (secondary N) is 2. The summed E-state index contributed by atoms with van der Waals surface area (Å²) in [4.78, 5) is 26.0. The van der Waals surface area contributed by atoms with E-state index in [4.69, 9.17) is 0 Å². The van der Waals surface area contributed by atoms with Crippen LogP contribution in [0.2, 0.25) is 0 Å². The summed E-state index contributed by atoms with van der Waals surface area (Å²) >= 11 is 3.44. The van der Waals surface area contributed by atoms with Crippen LogP contribution >= 0.6 is 15.9 Å². The van der Waals surface area contributed by atoms with Gasteiger partial charge in [-0.3, -0.25) is 9.59 Å². The SMILES string of the molecule is CC(CBr)(NC(=O)c1cccc(=O)[nH]1)c1ccccc1. The van der Waals surface area contributed by atoms with Crippen molar-refractivity contribution >= 4 is 21.8 Å². The average Bonchev–Trinajstić information content (AvgIpc) is 2.48. The van der Waals surface area contributed by atoms with Crippen molar-refractivity contribution in [3.8, 4) is 0 Å². The van der Waals surface area contributed by atoms with Gasteiger partial charge in [0.25, 0.3) is 5.91 Å². The van der Waals surface area contributed by atoms with Crippen LogP contribution in [0.4, 0.5) is 0 Å². The fourth-order valence-corrected chi connectivity index (χ4v) is 2.35. The summed E-state index contributed by atoms with van der Waals surface area (Å²) in [6, 6.07) is 14.2. The first-order chi connectivity index (χ1) is 9.55. The lowest BCUT2D eigenvalue weighted by atomic mass is 9.94. The van der Waals surface area contributed by atoms with Gasteiger partial charge in [0.2, 0.25) is 5.56 Å². The minimum atomic E-state index is -0.551. The number of alkyl halides is 1. The Labute approximate surface area is 125 Å². The molecule has 0 aliphatic heterocycles. The van der Waals surface area contributed by atoms with E-state index in [2.05, 4.69) is 26.2 Å². The Balaban J connectivity index is 2.26. The molecule has 20 heavy (non-hydrogen) atoms. The topological polar surface area (TPSA) is 62.0 Å². The quantitative estimate of drug-likeness (QED) is 0.843. The summed E-state index contributed by atoms with van der Waals surface area (Å²) < 4.78 is 0. The molecule has 2 rings (SSSR count). The molecule has 1 heterocycles. The number of rotatable bonds is 4. The van der Waals surface area contributed by atoms with Gasteiger partial charge in [-0.2, -0.15) is 0 Å². The Morgan fingerprint density at radius 3 is 2.50 bits per heavy atom. The molecule has 1 amide bonds. The first-order valence-corrected chi connectivity index (χ1v) is 7.31. The van der Waals surface area contributed by atoms with Crippen molar-refractivity contribution in [2.45, 2.75) is 12.5 Å². The van der Waals surface area contributed by atoms with Gasteiger partial charge in [0.1, 0.15) is 5.69 Å². The van der Waals surface area contributed by atoms with Crippen LogP contribution in [0, 0.1) is 0 Å². The molecule has 0 saturated heterocycles. The molecule has 0 bridgehead atoms. The van der Waals surface area contributed by atoms with Crippen LogP contribution in [-0.4, -0.2) is 16.2 Å². The zero-order valence-electron chi connectivity index (χ0n) is 11.0. The molecular weight excluding hydrogens is 320 g/mol. The van der Waals surface area contributed by atoms with Crippen LogP contribution in [0.5, 0.6) is 0 Å². The number of hydrogen-bond acceptors (Lipinski definition) is 2. The second-order valence-electron chi connectivity index (χ2n) is 4.71. The van der Waals surface area contributed by atoms with E-state index in [9.17, 15) is 9.59 Å². The lowest BCUT2D eigenvalue weighted by Gasteiger charge is -2.29. The first-order valence-electron chi connectivity index (χ1n) is 6.18. The highest BCUT2D eigenvalue weighted by atomic mass is 79.9. The second kappa shape index (κ2) is 6.05. The van der Waals surface area contributed by atoms with E-state index in [-0.39, 0.29) is 17.2 Å². The van der Waals surface area contributed by atoms with Crippen molar-refractivity contribution in [1.29, 1.82) is 0 Å². The molecule has 1 aromatic carbocycles. The minimum absolute atomic E-state index is 0.251. The number of aromatic amines is 1. The number of amides is 1. The lowest BCUT2D eigenvalue weighted by molar-refractivity contribution is 0.0908. The summed E-state index contributed by atoms with van der Waals surface area (Å²) in [6.45, 7) is 1.93. The van der Waals surface area contributed by atoms with Crippen LogP contribution in [0.1, 0.15) is 23.0 Å². The maximum Gasteiger partial charge on any atom is 0.268 e. The Hall–Kier alpha value is -1.88. The molecule has 1 atom stereocenters. The number of halogens is 1. The van der Waals surface area contributed by atoms with Gasteiger partial charge >= 0.3 is 0 Å². The van der Waals surface area contributed by atoms with E-state index >= 15 is 0 Å². The molecule has 2 aromatic rings. The molecule has 1 aromatic heterocycles. The van der Waals surface area contributed by atoms with Gasteiger partial charge in [0, 0.05) is 11.4 Å². The molecule has 5 heteroatoms. The molecule has 0 spiro atoms. The van der Waals surface area contributed by atoms with Gasteiger partial charge in [-0.05, 0) is 18.6 Å². The van der Waals surface area contributed by atoms with Crippen molar-refractivity contribution in [3.05, 3.63) is 70.1 Å². The Bertz CT molecular complexity index is 654. The highest BCUT2D eigenvalue weighted by molar-refractivity contribution is 9.09. The number of hydrogen-bond donors (Lipinski definition) is 2. The molecule has 0 fully saturated rings. The van der Waals surface area contributed by atoms with Crippen molar-refractivity contribution in [1.82, 2.24) is 10.3 Å². The number of carbonyl (C=O) groups is 1. The van der Waals surface area contributed by atoms with E-state index < -0.39 is 5.54 Å². The van der Waals surface area contributed by atoms with Crippen LogP contribution in [0.15, 0.2) is 53.3 Å². The molecule has 2 N–H and O–H groups in total. The zero-order chi connectivity index (χ0) is 14.6. The first kappa shape index (κ1) is 14.5. The van der Waals surface area contributed by atoms with Gasteiger partial charge in [-0.15, -0.1) is 0 Å². The van der Waals surface area contributed by atoms with Gasteiger partial charge < -0.3 is 10.3 Å². The third-order valence-electron chi connectivity index (χ3n) is 3.08. The van der Waals surface area contributed by atoms with Crippen molar-refractivity contribution < 1.29 is 4.79 Å². The van der Waals surface area contributed by atoms with Crippen LogP contribution in [0.25, 0.3) is 0 Å². The van der Waals surface area contributed by atoms with Crippen molar-refractivity contribution in [3.63, 3.8) is 0 Å². The van der Waals surface area contributed by atoms with E-state index in [1.807, 2.05) is 37.3 Å². The van der Waals surface area contributed by atoms with E-state index in [0.29, 0.717) is 5.33 Å². The third kappa shape index (κ3) is 3.17. The summed E-state index contributed by atoms with van der Waals surface area (Å²) in [7, 11) is 0. The van der Waals surface area contributed by atoms with Crippen molar-refractivity contribution in [2.24, 2.45) is 0 Å². The summed E-state index contributed by atoms with van der Waals surface area (Å²) in [5.74, 6) is -0.312. The lowest BCUT2D eigenvalue weighted by Crippen LogP contribution is -2.45. The molecule has 104 valence electrons. The predicted molar refractivity (Wildman–Crippen MR) is 82.1 cm³/mol. The Morgan fingerprint density at radius 1 is 1.20 bits per heavy atom. The van der Waals surface area contributed by atoms with E-state index in [0.717, 1.165) is 5.56 Å². The van der Waals surface area contributed by atoms with Crippen molar-refractivity contribution in [2.75, 3.05) is 5.33 Å². The maximum absolute atomic E-state index is 12.2. The third-order valence-corrected chi connectivity index (χ3v) is 4.20. The Morgan fingerprint density at radius 2 is 1.90 bits per heavy atom. The van der Waals surface area contributed by atoms with Gasteiger partial charge in [0.05, 0.1) is 5.54 Å². The average molecular weight is 335 g/mol. The fourth-order valence-electron chi connectivity index (χ4n) is 1.89. The fraction of sp³-hybridized carbons (Fsp3) is 0.200. The highest BCUT2D eigenvalue weighted by Gasteiger charge is 2.27. The highest BCUT2D eigenvalue weighted by Crippen LogP contribution is 2.23. The number of H-pyrrole nitrogens is 1. The zero-order valence-corrected chi connectivity index (χ0v) is 12.6. The molecule has 0 aliphatic rings. The summed E-state index contributed by atoms with van der Waals surface area (Å²) in [5.41, 5.74) is 0.396. The molecule has 0 aliphatic carbocycles. The number of carbonyl (C=O) groups excluding carboxylic acids is 1.